The molecule has 204 valence electrons. The molecule has 0 aromatic heterocycles. The summed E-state index contributed by atoms with van der Waals surface area (Å²) < 4.78 is 26.9. The van der Waals surface area contributed by atoms with Gasteiger partial charge in [-0.2, -0.15) is 0 Å². The van der Waals surface area contributed by atoms with Crippen LogP contribution < -0.4 is 4.74 Å². The van der Waals surface area contributed by atoms with E-state index >= 15 is 0 Å². The molecule has 10 atom stereocenters. The minimum Gasteiger partial charge on any atom is -0.497 e. The Morgan fingerprint density at radius 1 is 1.08 bits per heavy atom. The molecule has 0 amide bonds. The van der Waals surface area contributed by atoms with Gasteiger partial charge in [-0.1, -0.05) is 12.1 Å². The zero-order valence-electron chi connectivity index (χ0n) is 20.3. The second-order valence-electron chi connectivity index (χ2n) is 9.64. The Kier molecular flexibility index (Phi) is 7.93. The normalized spacial score (nSPS) is 41.3. The van der Waals surface area contributed by atoms with Gasteiger partial charge < -0.3 is 54.3 Å². The van der Waals surface area contributed by atoms with Gasteiger partial charge in [0.1, 0.15) is 42.4 Å². The maximum Gasteiger partial charge on any atom is 0.330 e. The molecule has 1 saturated carbocycles. The number of rotatable bonds is 7. The van der Waals surface area contributed by atoms with E-state index in [9.17, 15) is 35.4 Å². The zero-order chi connectivity index (χ0) is 27.0. The van der Waals surface area contributed by atoms with Crippen molar-refractivity contribution in [1.29, 1.82) is 0 Å². The number of fused-ring (bicyclic) bond motifs is 1. The first-order valence-corrected chi connectivity index (χ1v) is 11.8. The fourth-order valence-corrected chi connectivity index (χ4v) is 4.92. The number of aliphatic hydroxyl groups is 6. The van der Waals surface area contributed by atoms with Crippen LogP contribution in [0.4, 0.5) is 0 Å². The zero-order valence-corrected chi connectivity index (χ0v) is 20.3. The summed E-state index contributed by atoms with van der Waals surface area (Å²) in [5.74, 6) is -1.25. The highest BCUT2D eigenvalue weighted by Crippen LogP contribution is 2.49. The second-order valence-corrected chi connectivity index (χ2v) is 9.64. The van der Waals surface area contributed by atoms with Gasteiger partial charge in [0.15, 0.2) is 6.29 Å². The molecule has 0 bridgehead atoms. The molecule has 4 rings (SSSR count). The number of benzene rings is 1. The molecular formula is C25H32O12. The van der Waals surface area contributed by atoms with E-state index in [0.29, 0.717) is 11.3 Å². The summed E-state index contributed by atoms with van der Waals surface area (Å²) >= 11 is 0. The lowest BCUT2D eigenvalue weighted by Crippen LogP contribution is -2.62. The molecule has 1 saturated heterocycles. The number of methoxy groups -OCH3 is 1. The van der Waals surface area contributed by atoms with E-state index < -0.39 is 72.8 Å². The van der Waals surface area contributed by atoms with E-state index in [-0.39, 0.29) is 6.42 Å². The Morgan fingerprint density at radius 3 is 2.46 bits per heavy atom. The number of esters is 1. The lowest BCUT2D eigenvalue weighted by atomic mass is 9.81. The number of aliphatic hydroxyl groups excluding tert-OH is 4. The SMILES string of the molecule is COc1ccc(/C=C/C(=O)OC[C@H]2O[C@H](O[C@H]3OC=C[C@@]4(O)[C@H](O)C[C@](C)(O)[C@@H]34)[C@H](O)[C@H](O)[C@H]2O)cc1. The molecule has 12 heteroatoms. The molecular weight excluding hydrogens is 492 g/mol. The number of hydrogen-bond acceptors (Lipinski definition) is 12. The predicted octanol–water partition coefficient (Wildman–Crippen LogP) is -1.19. The van der Waals surface area contributed by atoms with E-state index in [0.717, 1.165) is 6.26 Å². The molecule has 3 aliphatic rings. The summed E-state index contributed by atoms with van der Waals surface area (Å²) in [6.07, 6.45) is -5.83. The molecule has 0 unspecified atom stereocenters. The van der Waals surface area contributed by atoms with Gasteiger partial charge in [0.25, 0.3) is 0 Å². The molecule has 2 aliphatic heterocycles. The highest BCUT2D eigenvalue weighted by molar-refractivity contribution is 5.87. The van der Waals surface area contributed by atoms with E-state index in [4.69, 9.17) is 23.7 Å². The van der Waals surface area contributed by atoms with Crippen molar-refractivity contribution in [2.24, 2.45) is 5.92 Å². The Balaban J connectivity index is 1.39. The largest absolute Gasteiger partial charge is 0.497 e. The smallest absolute Gasteiger partial charge is 0.330 e. The van der Waals surface area contributed by atoms with Crippen LogP contribution in [0.3, 0.4) is 0 Å². The van der Waals surface area contributed by atoms with E-state index in [2.05, 4.69) is 0 Å². The van der Waals surface area contributed by atoms with Crippen LogP contribution >= 0.6 is 0 Å². The Labute approximate surface area is 212 Å². The number of hydrogen-bond donors (Lipinski definition) is 6. The van der Waals surface area contributed by atoms with Crippen molar-refractivity contribution in [1.82, 2.24) is 0 Å². The highest BCUT2D eigenvalue weighted by atomic mass is 16.8. The predicted molar refractivity (Wildman–Crippen MR) is 124 cm³/mol. The van der Waals surface area contributed by atoms with Crippen molar-refractivity contribution in [3.8, 4) is 5.75 Å². The molecule has 2 fully saturated rings. The van der Waals surface area contributed by atoms with Crippen LogP contribution in [0.2, 0.25) is 0 Å². The van der Waals surface area contributed by atoms with Gasteiger partial charge in [-0.25, -0.2) is 4.79 Å². The van der Waals surface area contributed by atoms with Gasteiger partial charge in [-0.15, -0.1) is 0 Å². The summed E-state index contributed by atoms with van der Waals surface area (Å²) in [6, 6.07) is 6.92. The topological polar surface area (TPSA) is 185 Å². The molecule has 2 heterocycles. The molecule has 6 N–H and O–H groups in total. The lowest BCUT2D eigenvalue weighted by Gasteiger charge is -2.45. The number of carbonyl (C=O) groups is 1. The van der Waals surface area contributed by atoms with Gasteiger partial charge in [0, 0.05) is 12.5 Å². The molecule has 12 nitrogen and oxygen atoms in total. The quantitative estimate of drug-likeness (QED) is 0.185. The summed E-state index contributed by atoms with van der Waals surface area (Å²) in [7, 11) is 1.54. The molecule has 1 aromatic carbocycles. The third-order valence-electron chi connectivity index (χ3n) is 6.98. The van der Waals surface area contributed by atoms with Gasteiger partial charge in [-0.05, 0) is 36.8 Å². The highest BCUT2D eigenvalue weighted by Gasteiger charge is 2.64. The van der Waals surface area contributed by atoms with Gasteiger partial charge in [-0.3, -0.25) is 0 Å². The van der Waals surface area contributed by atoms with Gasteiger partial charge >= 0.3 is 5.97 Å². The van der Waals surface area contributed by atoms with Crippen molar-refractivity contribution >= 4 is 12.0 Å². The summed E-state index contributed by atoms with van der Waals surface area (Å²) in [6.45, 7) is 0.919. The minimum absolute atomic E-state index is 0.167. The monoisotopic (exact) mass is 524 g/mol. The molecule has 0 spiro atoms. The van der Waals surface area contributed by atoms with E-state index in [1.807, 2.05) is 0 Å². The van der Waals surface area contributed by atoms with Gasteiger partial charge in [0.05, 0.1) is 31.0 Å². The molecule has 1 aliphatic carbocycles. The Morgan fingerprint density at radius 2 is 1.78 bits per heavy atom. The average molecular weight is 525 g/mol. The average Bonchev–Trinajstić information content (AvgIpc) is 3.06. The van der Waals surface area contributed by atoms with Crippen LogP contribution in [0, 0.1) is 5.92 Å². The third-order valence-corrected chi connectivity index (χ3v) is 6.98. The maximum absolute atomic E-state index is 12.2. The van der Waals surface area contributed by atoms with Crippen LogP contribution in [0.1, 0.15) is 18.9 Å². The van der Waals surface area contributed by atoms with Crippen LogP contribution in [0.25, 0.3) is 6.08 Å². The first-order valence-electron chi connectivity index (χ1n) is 11.8. The van der Waals surface area contributed by atoms with Crippen molar-refractivity contribution in [3.05, 3.63) is 48.2 Å². The molecule has 1 aromatic rings. The van der Waals surface area contributed by atoms with E-state index in [1.54, 1.807) is 24.3 Å². The first-order chi connectivity index (χ1) is 17.5. The standard InChI is InChI=1S/C25H32O12/c1-24(31)11-16(26)25(32)9-10-34-23(21(24)25)37-22-20(30)19(29)18(28)15(36-22)12-35-17(27)8-5-13-3-6-14(33-2)7-4-13/h3-10,15-16,18-23,26,28-32H,11-12H2,1-2H3/b8-5+/t15-,16-,18+,19-,20-,21-,22-,23-,24+,25-/m1/s1. The van der Waals surface area contributed by atoms with Gasteiger partial charge in [0.2, 0.25) is 6.29 Å². The summed E-state index contributed by atoms with van der Waals surface area (Å²) in [5.41, 5.74) is -2.75. The van der Waals surface area contributed by atoms with Crippen LogP contribution in [-0.4, -0.2) is 105 Å². The summed E-state index contributed by atoms with van der Waals surface area (Å²) in [4.78, 5) is 12.2. The van der Waals surface area contributed by atoms with Crippen molar-refractivity contribution < 1.29 is 59.1 Å². The fourth-order valence-electron chi connectivity index (χ4n) is 4.92. The Bertz CT molecular complexity index is 1010. The van der Waals surface area contributed by atoms with E-state index in [1.165, 1.54) is 32.3 Å². The summed E-state index contributed by atoms with van der Waals surface area (Å²) in [5, 5.41) is 63.1. The lowest BCUT2D eigenvalue weighted by molar-refractivity contribution is -0.351. The third kappa shape index (κ3) is 5.52. The van der Waals surface area contributed by atoms with Crippen molar-refractivity contribution in [2.45, 2.75) is 67.6 Å². The number of carbonyl (C=O) groups excluding carboxylic acids is 1. The van der Waals surface area contributed by atoms with Crippen LogP contribution in [0.15, 0.2) is 42.7 Å². The number of ether oxygens (including phenoxy) is 5. The van der Waals surface area contributed by atoms with Crippen molar-refractivity contribution in [3.63, 3.8) is 0 Å². The fraction of sp³-hybridized carbons (Fsp3) is 0.560. The second kappa shape index (κ2) is 10.7. The minimum atomic E-state index is -1.87. The van der Waals surface area contributed by atoms with Crippen LogP contribution in [0.5, 0.6) is 5.75 Å². The molecule has 0 radical (unpaired) electrons. The first kappa shape index (κ1) is 27.5. The Hall–Kier alpha value is -2.55. The van der Waals surface area contributed by atoms with Crippen LogP contribution in [-0.2, 0) is 23.7 Å². The maximum atomic E-state index is 12.2. The molecule has 37 heavy (non-hydrogen) atoms. The van der Waals surface area contributed by atoms with Crippen molar-refractivity contribution in [2.75, 3.05) is 13.7 Å².